The van der Waals surface area contributed by atoms with E-state index in [1.807, 2.05) is 0 Å². The second-order valence-electron chi connectivity index (χ2n) is 3.90. The first-order valence-electron chi connectivity index (χ1n) is 5.24. The van der Waals surface area contributed by atoms with E-state index >= 15 is 0 Å². The summed E-state index contributed by atoms with van der Waals surface area (Å²) in [5, 5.41) is 0.674. The molecule has 1 aromatic heterocycles. The van der Waals surface area contributed by atoms with Gasteiger partial charge in [-0.25, -0.2) is 8.42 Å². The highest BCUT2D eigenvalue weighted by Crippen LogP contribution is 2.27. The maximum absolute atomic E-state index is 12.4. The summed E-state index contributed by atoms with van der Waals surface area (Å²) in [7, 11) is -3.41. The monoisotopic (exact) mass is 382 g/mol. The molecule has 1 saturated heterocycles. The summed E-state index contributed by atoms with van der Waals surface area (Å²) in [4.78, 5) is 4.16. The molecule has 2 heterocycles. The molecular weight excluding hydrogens is 372 g/mol. The molecule has 1 aromatic rings. The SMILES string of the molecule is O=S(=O)(c1cncc(Br)c1)N1CCCC1CBr. The van der Waals surface area contributed by atoms with Crippen LogP contribution < -0.4 is 0 Å². The Bertz CT molecular complexity index is 507. The Morgan fingerprint density at radius 3 is 2.88 bits per heavy atom. The minimum atomic E-state index is -3.41. The Hall–Kier alpha value is 0.0200. The Morgan fingerprint density at radius 2 is 2.24 bits per heavy atom. The maximum atomic E-state index is 12.4. The summed E-state index contributed by atoms with van der Waals surface area (Å²) in [6, 6.07) is 1.64. The summed E-state index contributed by atoms with van der Waals surface area (Å²) in [6.45, 7) is 0.588. The zero-order chi connectivity index (χ0) is 12.5. The number of sulfonamides is 1. The molecule has 1 aliphatic rings. The molecule has 17 heavy (non-hydrogen) atoms. The second kappa shape index (κ2) is 5.34. The van der Waals surface area contributed by atoms with Crippen LogP contribution in [0.4, 0.5) is 0 Å². The number of nitrogens with zero attached hydrogens (tertiary/aromatic N) is 2. The molecule has 7 heteroatoms. The van der Waals surface area contributed by atoms with Crippen molar-refractivity contribution >= 4 is 41.9 Å². The van der Waals surface area contributed by atoms with Crippen LogP contribution in [-0.4, -0.2) is 35.6 Å². The predicted octanol–water partition coefficient (Wildman–Crippen LogP) is 2.39. The van der Waals surface area contributed by atoms with Crippen molar-refractivity contribution in [1.82, 2.24) is 9.29 Å². The third-order valence-electron chi connectivity index (χ3n) is 2.79. The Balaban J connectivity index is 2.36. The van der Waals surface area contributed by atoms with Gasteiger partial charge in [0.15, 0.2) is 0 Å². The fourth-order valence-corrected chi connectivity index (χ4v) is 5.01. The minimum Gasteiger partial charge on any atom is -0.262 e. The van der Waals surface area contributed by atoms with Gasteiger partial charge in [-0.1, -0.05) is 15.9 Å². The molecule has 1 unspecified atom stereocenters. The number of alkyl halides is 1. The lowest BCUT2D eigenvalue weighted by atomic mass is 10.3. The molecule has 0 N–H and O–H groups in total. The van der Waals surface area contributed by atoms with Gasteiger partial charge in [0.05, 0.1) is 0 Å². The van der Waals surface area contributed by atoms with Gasteiger partial charge in [0.2, 0.25) is 10.0 Å². The molecule has 94 valence electrons. The van der Waals surface area contributed by atoms with Crippen LogP contribution in [-0.2, 0) is 10.0 Å². The van der Waals surface area contributed by atoms with E-state index in [1.165, 1.54) is 6.20 Å². The molecule has 0 aliphatic carbocycles. The van der Waals surface area contributed by atoms with E-state index in [0.29, 0.717) is 16.3 Å². The lowest BCUT2D eigenvalue weighted by molar-refractivity contribution is 0.413. The smallest absolute Gasteiger partial charge is 0.244 e. The minimum absolute atomic E-state index is 0.0546. The maximum Gasteiger partial charge on any atom is 0.244 e. The lowest BCUT2D eigenvalue weighted by Gasteiger charge is -2.22. The fraction of sp³-hybridized carbons (Fsp3) is 0.500. The summed E-state index contributed by atoms with van der Waals surface area (Å²) >= 11 is 6.61. The van der Waals surface area contributed by atoms with Gasteiger partial charge in [-0.3, -0.25) is 4.98 Å². The van der Waals surface area contributed by atoms with Crippen LogP contribution in [0.1, 0.15) is 12.8 Å². The van der Waals surface area contributed by atoms with E-state index in [4.69, 9.17) is 0 Å². The molecular formula is C10H12Br2N2O2S. The van der Waals surface area contributed by atoms with Crippen LogP contribution >= 0.6 is 31.9 Å². The van der Waals surface area contributed by atoms with Gasteiger partial charge in [-0.15, -0.1) is 0 Å². The lowest BCUT2D eigenvalue weighted by Crippen LogP contribution is -2.36. The molecule has 0 radical (unpaired) electrons. The zero-order valence-electron chi connectivity index (χ0n) is 9.01. The van der Waals surface area contributed by atoms with Crippen molar-refractivity contribution in [2.45, 2.75) is 23.8 Å². The number of hydrogen-bond donors (Lipinski definition) is 0. The first-order chi connectivity index (χ1) is 8.05. The standard InChI is InChI=1S/C10H12Br2N2O2S/c11-5-9-2-1-3-14(9)17(15,16)10-4-8(12)6-13-7-10/h4,6-7,9H,1-3,5H2. The van der Waals surface area contributed by atoms with Gasteiger partial charge in [0, 0.05) is 34.8 Å². The zero-order valence-corrected chi connectivity index (χ0v) is 13.0. The highest BCUT2D eigenvalue weighted by atomic mass is 79.9. The van der Waals surface area contributed by atoms with E-state index in [2.05, 4.69) is 36.8 Å². The quantitative estimate of drug-likeness (QED) is 0.753. The summed E-state index contributed by atoms with van der Waals surface area (Å²) < 4.78 is 27.0. The highest BCUT2D eigenvalue weighted by Gasteiger charge is 2.34. The third-order valence-corrected chi connectivity index (χ3v) is 5.89. The van der Waals surface area contributed by atoms with Crippen molar-refractivity contribution in [3.63, 3.8) is 0 Å². The van der Waals surface area contributed by atoms with E-state index < -0.39 is 10.0 Å². The Morgan fingerprint density at radius 1 is 1.47 bits per heavy atom. The van der Waals surface area contributed by atoms with Crippen molar-refractivity contribution < 1.29 is 8.42 Å². The molecule has 1 atom stereocenters. The van der Waals surface area contributed by atoms with Crippen LogP contribution in [0.3, 0.4) is 0 Å². The van der Waals surface area contributed by atoms with E-state index in [1.54, 1.807) is 16.6 Å². The number of aromatic nitrogens is 1. The first kappa shape index (κ1) is 13.5. The molecule has 2 rings (SSSR count). The Labute approximate surface area is 118 Å². The van der Waals surface area contributed by atoms with E-state index in [9.17, 15) is 8.42 Å². The summed E-state index contributed by atoms with van der Waals surface area (Å²) in [5.41, 5.74) is 0. The van der Waals surface area contributed by atoms with Crippen LogP contribution in [0.5, 0.6) is 0 Å². The van der Waals surface area contributed by atoms with Crippen LogP contribution in [0.2, 0.25) is 0 Å². The average Bonchev–Trinajstić information content (AvgIpc) is 2.77. The second-order valence-corrected chi connectivity index (χ2v) is 7.36. The van der Waals surface area contributed by atoms with Gasteiger partial charge in [-0.2, -0.15) is 4.31 Å². The van der Waals surface area contributed by atoms with Crippen molar-refractivity contribution in [3.05, 3.63) is 22.9 Å². The number of hydrogen-bond acceptors (Lipinski definition) is 3. The average molecular weight is 384 g/mol. The van der Waals surface area contributed by atoms with E-state index in [0.717, 1.165) is 12.8 Å². The summed E-state index contributed by atoms with van der Waals surface area (Å²) in [5.74, 6) is 0. The normalized spacial score (nSPS) is 21.9. The Kier molecular flexibility index (Phi) is 4.22. The van der Waals surface area contributed by atoms with Gasteiger partial charge >= 0.3 is 0 Å². The fourth-order valence-electron chi connectivity index (χ4n) is 1.95. The molecule has 0 aromatic carbocycles. The van der Waals surface area contributed by atoms with Crippen LogP contribution in [0.25, 0.3) is 0 Å². The molecule has 0 spiro atoms. The number of halogens is 2. The van der Waals surface area contributed by atoms with Crippen LogP contribution in [0.15, 0.2) is 27.8 Å². The topological polar surface area (TPSA) is 50.3 Å². The molecule has 1 aliphatic heterocycles. The van der Waals surface area contributed by atoms with Gasteiger partial charge in [0.25, 0.3) is 0 Å². The van der Waals surface area contributed by atoms with Crippen molar-refractivity contribution in [1.29, 1.82) is 0 Å². The molecule has 0 amide bonds. The number of pyridine rings is 1. The number of rotatable bonds is 3. The van der Waals surface area contributed by atoms with Crippen molar-refractivity contribution in [2.24, 2.45) is 0 Å². The summed E-state index contributed by atoms with van der Waals surface area (Å²) in [6.07, 6.45) is 4.79. The predicted molar refractivity (Wildman–Crippen MR) is 72.6 cm³/mol. The molecule has 0 saturated carbocycles. The van der Waals surface area contributed by atoms with E-state index in [-0.39, 0.29) is 10.9 Å². The van der Waals surface area contributed by atoms with Gasteiger partial charge in [0.1, 0.15) is 4.90 Å². The third kappa shape index (κ3) is 2.72. The molecule has 1 fully saturated rings. The highest BCUT2D eigenvalue weighted by molar-refractivity contribution is 9.10. The van der Waals surface area contributed by atoms with Gasteiger partial charge in [-0.05, 0) is 34.8 Å². The first-order valence-corrected chi connectivity index (χ1v) is 8.59. The van der Waals surface area contributed by atoms with Crippen molar-refractivity contribution in [3.8, 4) is 0 Å². The van der Waals surface area contributed by atoms with Gasteiger partial charge < -0.3 is 0 Å². The van der Waals surface area contributed by atoms with Crippen molar-refractivity contribution in [2.75, 3.05) is 11.9 Å². The van der Waals surface area contributed by atoms with Crippen LogP contribution in [0, 0.1) is 0 Å². The molecule has 4 nitrogen and oxygen atoms in total. The molecule has 0 bridgehead atoms. The largest absolute Gasteiger partial charge is 0.262 e.